The number of carbonyl (C=O) groups is 1. The summed E-state index contributed by atoms with van der Waals surface area (Å²) in [4.78, 5) is 38.9. The summed E-state index contributed by atoms with van der Waals surface area (Å²) in [6.45, 7) is -0.334. The lowest BCUT2D eigenvalue weighted by atomic mass is 10.0. The number of pyridine rings is 1. The zero-order valence-corrected chi connectivity index (χ0v) is 16.6. The van der Waals surface area contributed by atoms with Crippen molar-refractivity contribution in [1.82, 2.24) is 9.38 Å². The van der Waals surface area contributed by atoms with E-state index in [1.54, 1.807) is 35.3 Å². The Balaban J connectivity index is 1.98. The molecule has 34 heavy (non-hydrogen) atoms. The van der Waals surface area contributed by atoms with E-state index in [1.807, 2.05) is 0 Å². The number of rotatable bonds is 4. The highest BCUT2D eigenvalue weighted by Gasteiger charge is 2.30. The Morgan fingerprint density at radius 3 is 2.09 bits per heavy atom. The SMILES string of the molecule is O=C(OCc1ccccc1)c1cc(-c2c(F)c(F)c(F)c(F)c2F)c2[nH]c(=O)c(F)cn2c1=O. The van der Waals surface area contributed by atoms with Gasteiger partial charge in [0, 0.05) is 5.56 Å². The minimum Gasteiger partial charge on any atom is -0.457 e. The molecule has 4 aromatic rings. The number of benzene rings is 2. The number of ether oxygens (including phenoxy) is 1. The maximum atomic E-state index is 14.5. The fourth-order valence-electron chi connectivity index (χ4n) is 3.20. The van der Waals surface area contributed by atoms with Crippen LogP contribution in [-0.4, -0.2) is 15.4 Å². The van der Waals surface area contributed by atoms with Gasteiger partial charge in [0.25, 0.3) is 11.1 Å². The Morgan fingerprint density at radius 1 is 0.882 bits per heavy atom. The first-order valence-corrected chi connectivity index (χ1v) is 9.32. The van der Waals surface area contributed by atoms with Crippen molar-refractivity contribution in [3.05, 3.63) is 109 Å². The number of fused-ring (bicyclic) bond motifs is 1. The molecule has 0 saturated carbocycles. The highest BCUT2D eigenvalue weighted by atomic mass is 19.2. The topological polar surface area (TPSA) is 80.6 Å². The number of carbonyl (C=O) groups excluding carboxylic acids is 1. The second-order valence-electron chi connectivity index (χ2n) is 6.93. The third-order valence-corrected chi connectivity index (χ3v) is 4.84. The van der Waals surface area contributed by atoms with Crippen LogP contribution in [0.2, 0.25) is 0 Å². The Morgan fingerprint density at radius 2 is 1.47 bits per heavy atom. The number of nitrogens with one attached hydrogen (secondary N) is 1. The summed E-state index contributed by atoms with van der Waals surface area (Å²) in [5.74, 6) is -14.5. The maximum absolute atomic E-state index is 14.5. The molecule has 0 unspecified atom stereocenters. The van der Waals surface area contributed by atoms with E-state index in [9.17, 15) is 40.7 Å². The molecule has 0 spiro atoms. The van der Waals surface area contributed by atoms with E-state index in [-0.39, 0.29) is 6.61 Å². The van der Waals surface area contributed by atoms with Gasteiger partial charge in [0.2, 0.25) is 11.6 Å². The van der Waals surface area contributed by atoms with Crippen molar-refractivity contribution in [3.63, 3.8) is 0 Å². The molecule has 0 bridgehead atoms. The Kier molecular flexibility index (Phi) is 5.73. The highest BCUT2D eigenvalue weighted by molar-refractivity contribution is 5.93. The second-order valence-corrected chi connectivity index (χ2v) is 6.93. The third-order valence-electron chi connectivity index (χ3n) is 4.84. The first-order chi connectivity index (χ1) is 16.1. The molecular weight excluding hydrogens is 470 g/mol. The molecule has 0 aliphatic carbocycles. The molecule has 12 heteroatoms. The molecule has 174 valence electrons. The van der Waals surface area contributed by atoms with E-state index < -0.39 is 74.3 Å². The lowest BCUT2D eigenvalue weighted by Gasteiger charge is -2.13. The molecule has 0 saturated heterocycles. The summed E-state index contributed by atoms with van der Waals surface area (Å²) in [5, 5.41) is 0. The minimum atomic E-state index is -2.45. The van der Waals surface area contributed by atoms with Gasteiger partial charge in [0.05, 0.1) is 11.8 Å². The molecule has 2 heterocycles. The molecule has 0 aliphatic heterocycles. The normalized spacial score (nSPS) is 11.1. The molecule has 6 nitrogen and oxygen atoms in total. The summed E-state index contributed by atoms with van der Waals surface area (Å²) < 4.78 is 89.3. The summed E-state index contributed by atoms with van der Waals surface area (Å²) >= 11 is 0. The molecule has 2 aromatic carbocycles. The second kappa shape index (κ2) is 8.54. The average Bonchev–Trinajstić information content (AvgIpc) is 2.83. The lowest BCUT2D eigenvalue weighted by Crippen LogP contribution is -2.27. The van der Waals surface area contributed by atoms with Crippen LogP contribution in [0, 0.1) is 34.9 Å². The van der Waals surface area contributed by atoms with Gasteiger partial charge in [-0.05, 0) is 11.6 Å². The van der Waals surface area contributed by atoms with Crippen LogP contribution in [0.25, 0.3) is 16.8 Å². The summed E-state index contributed by atoms with van der Waals surface area (Å²) in [6, 6.07) is 8.62. The van der Waals surface area contributed by atoms with Gasteiger partial charge in [-0.3, -0.25) is 14.0 Å². The first kappa shape index (κ1) is 22.8. The van der Waals surface area contributed by atoms with Crippen molar-refractivity contribution in [2.75, 3.05) is 0 Å². The highest BCUT2D eigenvalue weighted by Crippen LogP contribution is 2.33. The molecule has 0 fully saturated rings. The zero-order chi connectivity index (χ0) is 24.7. The fraction of sp³-hybridized carbons (Fsp3) is 0.0455. The Labute approximate surface area is 184 Å². The Bertz CT molecular complexity index is 1550. The van der Waals surface area contributed by atoms with Crippen molar-refractivity contribution in [2.45, 2.75) is 6.61 Å². The quantitative estimate of drug-likeness (QED) is 0.208. The minimum absolute atomic E-state index is 0.295. The smallest absolute Gasteiger partial charge is 0.344 e. The number of esters is 1. The number of hydrogen-bond acceptors (Lipinski definition) is 4. The first-order valence-electron chi connectivity index (χ1n) is 9.32. The molecular formula is C22H10F6N2O4. The molecule has 0 amide bonds. The number of H-pyrrole nitrogens is 1. The van der Waals surface area contributed by atoms with Crippen molar-refractivity contribution in [1.29, 1.82) is 0 Å². The van der Waals surface area contributed by atoms with E-state index in [1.165, 1.54) is 0 Å². The number of aromatic amines is 1. The number of aromatic nitrogens is 2. The standard InChI is InChI=1S/C22H10F6N2O4/c23-12-7-30-19(29-20(12)31)10(13-14(24)16(26)18(28)17(27)15(13)25)6-11(21(30)32)22(33)34-8-9-4-2-1-3-5-9/h1-7H,8H2,(H,29,31). The maximum Gasteiger partial charge on any atom is 0.344 e. The third kappa shape index (κ3) is 3.72. The van der Waals surface area contributed by atoms with Crippen LogP contribution >= 0.6 is 0 Å². The summed E-state index contributed by atoms with van der Waals surface area (Å²) in [7, 11) is 0. The molecule has 2 aromatic heterocycles. The van der Waals surface area contributed by atoms with E-state index in [0.717, 1.165) is 0 Å². The monoisotopic (exact) mass is 480 g/mol. The van der Waals surface area contributed by atoms with Gasteiger partial charge in [-0.2, -0.15) is 4.39 Å². The number of hydrogen-bond donors (Lipinski definition) is 1. The fourth-order valence-corrected chi connectivity index (χ4v) is 3.20. The van der Waals surface area contributed by atoms with E-state index >= 15 is 0 Å². The molecule has 0 radical (unpaired) electrons. The zero-order valence-electron chi connectivity index (χ0n) is 16.6. The molecule has 0 aliphatic rings. The van der Waals surface area contributed by atoms with Crippen molar-refractivity contribution >= 4 is 11.6 Å². The van der Waals surface area contributed by atoms with Gasteiger partial charge in [0.1, 0.15) is 17.8 Å². The van der Waals surface area contributed by atoms with Crippen LogP contribution in [-0.2, 0) is 11.3 Å². The van der Waals surface area contributed by atoms with Gasteiger partial charge in [-0.25, -0.2) is 26.7 Å². The molecule has 4 rings (SSSR count). The van der Waals surface area contributed by atoms with Crippen LogP contribution < -0.4 is 11.1 Å². The van der Waals surface area contributed by atoms with Crippen LogP contribution in [0.15, 0.2) is 52.2 Å². The van der Waals surface area contributed by atoms with Gasteiger partial charge in [-0.15, -0.1) is 0 Å². The number of halogens is 6. The average molecular weight is 480 g/mol. The van der Waals surface area contributed by atoms with Crippen LogP contribution in [0.3, 0.4) is 0 Å². The largest absolute Gasteiger partial charge is 0.457 e. The summed E-state index contributed by atoms with van der Waals surface area (Å²) in [5.41, 5.74) is -6.46. The number of nitrogens with zero attached hydrogens (tertiary/aromatic N) is 1. The van der Waals surface area contributed by atoms with E-state index in [0.29, 0.717) is 22.2 Å². The van der Waals surface area contributed by atoms with Crippen molar-refractivity contribution < 1.29 is 35.9 Å². The van der Waals surface area contributed by atoms with Gasteiger partial charge in [0.15, 0.2) is 23.3 Å². The van der Waals surface area contributed by atoms with Crippen molar-refractivity contribution in [3.8, 4) is 11.1 Å². The predicted molar refractivity (Wildman–Crippen MR) is 105 cm³/mol. The summed E-state index contributed by atoms with van der Waals surface area (Å²) in [6.07, 6.45) is 0.306. The van der Waals surface area contributed by atoms with Crippen LogP contribution in [0.5, 0.6) is 0 Å². The predicted octanol–water partition coefficient (Wildman–Crippen LogP) is 3.85. The van der Waals surface area contributed by atoms with Crippen LogP contribution in [0.1, 0.15) is 15.9 Å². The molecule has 0 atom stereocenters. The van der Waals surface area contributed by atoms with Gasteiger partial charge < -0.3 is 9.72 Å². The van der Waals surface area contributed by atoms with E-state index in [4.69, 9.17) is 4.74 Å². The van der Waals surface area contributed by atoms with Gasteiger partial charge in [-0.1, -0.05) is 30.3 Å². The lowest BCUT2D eigenvalue weighted by molar-refractivity contribution is 0.0470. The molecule has 1 N–H and O–H groups in total. The van der Waals surface area contributed by atoms with Gasteiger partial charge >= 0.3 is 5.97 Å². The van der Waals surface area contributed by atoms with Crippen molar-refractivity contribution in [2.24, 2.45) is 0 Å². The van der Waals surface area contributed by atoms with Crippen LogP contribution in [0.4, 0.5) is 26.3 Å². The van der Waals surface area contributed by atoms with E-state index in [2.05, 4.69) is 0 Å². The Hall–Kier alpha value is -4.35.